The zero-order valence-corrected chi connectivity index (χ0v) is 9.17. The van der Waals surface area contributed by atoms with Crippen LogP contribution < -0.4 is 10.6 Å². The molecule has 78 valence electrons. The quantitative estimate of drug-likeness (QED) is 0.768. The van der Waals surface area contributed by atoms with Gasteiger partial charge in [-0.2, -0.15) is 5.26 Å². The van der Waals surface area contributed by atoms with Crippen molar-refractivity contribution in [3.8, 4) is 6.07 Å². The normalized spacial score (nSPS) is 20.7. The number of nitrogens with two attached hydrogens (primary N) is 1. The van der Waals surface area contributed by atoms with Crippen molar-refractivity contribution in [2.45, 2.75) is 19.4 Å². The molecule has 0 saturated carbocycles. The van der Waals surface area contributed by atoms with E-state index < -0.39 is 0 Å². The first-order chi connectivity index (χ1) is 7.13. The van der Waals surface area contributed by atoms with Crippen molar-refractivity contribution >= 4 is 22.2 Å². The largest absolute Gasteiger partial charge is 0.326 e. The minimum atomic E-state index is -0.105. The zero-order valence-electron chi connectivity index (χ0n) is 8.36. The number of carbonyl (C=O) groups excluding carboxylic acids is 1. The van der Waals surface area contributed by atoms with Gasteiger partial charge in [-0.25, -0.2) is 0 Å². The van der Waals surface area contributed by atoms with Gasteiger partial charge < -0.3 is 10.6 Å². The molecule has 1 fully saturated rings. The van der Waals surface area contributed by atoms with Gasteiger partial charge in [0.25, 0.3) is 0 Å². The van der Waals surface area contributed by atoms with Crippen LogP contribution in [0.2, 0.25) is 0 Å². The van der Waals surface area contributed by atoms with E-state index in [0.717, 1.165) is 10.6 Å². The molecule has 0 bridgehead atoms. The van der Waals surface area contributed by atoms with E-state index in [2.05, 4.69) is 6.07 Å². The molecule has 2 N–H and O–H groups in total. The molecule has 4 nitrogen and oxygen atoms in total. The number of amides is 1. The van der Waals surface area contributed by atoms with Crippen molar-refractivity contribution in [2.75, 3.05) is 11.4 Å². The summed E-state index contributed by atoms with van der Waals surface area (Å²) in [4.78, 5) is 13.2. The molecule has 0 radical (unpaired) electrons. The van der Waals surface area contributed by atoms with Gasteiger partial charge in [0.1, 0.15) is 11.1 Å². The molecule has 15 heavy (non-hydrogen) atoms. The first-order valence-corrected chi connectivity index (χ1v) is 5.55. The van der Waals surface area contributed by atoms with Crippen LogP contribution in [0.5, 0.6) is 0 Å². The van der Waals surface area contributed by atoms with Gasteiger partial charge in [0.05, 0.1) is 5.56 Å². The highest BCUT2D eigenvalue weighted by Gasteiger charge is 2.30. The van der Waals surface area contributed by atoms with Crippen LogP contribution in [0.15, 0.2) is 5.38 Å². The average Bonchev–Trinajstić information content (AvgIpc) is 2.69. The molecule has 5 heteroatoms. The summed E-state index contributed by atoms with van der Waals surface area (Å²) in [5.74, 6) is 0.0147. The Balaban J connectivity index is 2.39. The van der Waals surface area contributed by atoms with Crippen LogP contribution in [-0.2, 0) is 4.79 Å². The number of carbonyl (C=O) groups is 1. The summed E-state index contributed by atoms with van der Waals surface area (Å²) in [5, 5.41) is 11.6. The maximum Gasteiger partial charge on any atom is 0.229 e. The van der Waals surface area contributed by atoms with Crippen molar-refractivity contribution in [2.24, 2.45) is 5.73 Å². The topological polar surface area (TPSA) is 70.1 Å². The van der Waals surface area contributed by atoms with Gasteiger partial charge in [-0.3, -0.25) is 4.79 Å². The first kappa shape index (κ1) is 10.1. The van der Waals surface area contributed by atoms with E-state index in [0.29, 0.717) is 18.5 Å². The van der Waals surface area contributed by atoms with Gasteiger partial charge in [-0.05, 0) is 17.9 Å². The third-order valence-corrected chi connectivity index (χ3v) is 3.59. The lowest BCUT2D eigenvalue weighted by Gasteiger charge is -2.13. The number of hydrogen-bond donors (Lipinski definition) is 1. The number of nitriles is 1. The maximum absolute atomic E-state index is 11.6. The molecular formula is C10H11N3OS. The summed E-state index contributed by atoms with van der Waals surface area (Å²) in [5.41, 5.74) is 7.23. The second-order valence-electron chi connectivity index (χ2n) is 3.68. The highest BCUT2D eigenvalue weighted by atomic mass is 32.1. The van der Waals surface area contributed by atoms with E-state index in [9.17, 15) is 4.79 Å². The van der Waals surface area contributed by atoms with Crippen molar-refractivity contribution in [3.05, 3.63) is 16.5 Å². The Kier molecular flexibility index (Phi) is 2.47. The number of thiophene rings is 1. The van der Waals surface area contributed by atoms with Crippen LogP contribution in [0.1, 0.15) is 17.5 Å². The van der Waals surface area contributed by atoms with E-state index in [-0.39, 0.29) is 11.9 Å². The smallest absolute Gasteiger partial charge is 0.229 e. The second-order valence-corrected chi connectivity index (χ2v) is 4.54. The molecule has 0 aromatic carbocycles. The summed E-state index contributed by atoms with van der Waals surface area (Å²) in [6, 6.07) is 2.03. The van der Waals surface area contributed by atoms with Crippen molar-refractivity contribution < 1.29 is 4.79 Å². The maximum atomic E-state index is 11.6. The predicted molar refractivity (Wildman–Crippen MR) is 58.7 cm³/mol. The Bertz CT molecular complexity index is 446. The van der Waals surface area contributed by atoms with Gasteiger partial charge in [0.2, 0.25) is 5.91 Å². The molecule has 1 atom stereocenters. The third-order valence-electron chi connectivity index (χ3n) is 2.47. The van der Waals surface area contributed by atoms with Gasteiger partial charge in [-0.1, -0.05) is 0 Å². The fraction of sp³-hybridized carbons (Fsp3) is 0.400. The molecule has 0 aliphatic carbocycles. The molecule has 1 aromatic rings. The van der Waals surface area contributed by atoms with E-state index in [1.165, 1.54) is 11.3 Å². The Hall–Kier alpha value is -1.38. The zero-order chi connectivity index (χ0) is 11.0. The van der Waals surface area contributed by atoms with Gasteiger partial charge in [-0.15, -0.1) is 11.3 Å². The van der Waals surface area contributed by atoms with E-state index in [1.54, 1.807) is 4.90 Å². The molecule has 2 heterocycles. The van der Waals surface area contributed by atoms with Crippen molar-refractivity contribution in [1.82, 2.24) is 0 Å². The van der Waals surface area contributed by atoms with Crippen molar-refractivity contribution in [1.29, 1.82) is 5.26 Å². The van der Waals surface area contributed by atoms with Crippen LogP contribution in [0.3, 0.4) is 0 Å². The SMILES string of the molecule is Cc1csc(N2CC(N)CC2=O)c1C#N. The Labute approximate surface area is 91.9 Å². The van der Waals surface area contributed by atoms with Crippen LogP contribution in [-0.4, -0.2) is 18.5 Å². The molecule has 1 saturated heterocycles. The fourth-order valence-electron chi connectivity index (χ4n) is 1.70. The number of aryl methyl sites for hydroxylation is 1. The highest BCUT2D eigenvalue weighted by molar-refractivity contribution is 7.14. The summed E-state index contributed by atoms with van der Waals surface area (Å²) in [7, 11) is 0. The van der Waals surface area contributed by atoms with E-state index in [1.807, 2.05) is 12.3 Å². The minimum Gasteiger partial charge on any atom is -0.326 e. The number of anilines is 1. The van der Waals surface area contributed by atoms with Crippen LogP contribution in [0, 0.1) is 18.3 Å². The molecule has 1 aliphatic heterocycles. The summed E-state index contributed by atoms with van der Waals surface area (Å²) in [6.07, 6.45) is 0.377. The summed E-state index contributed by atoms with van der Waals surface area (Å²) >= 11 is 1.43. The Morgan fingerprint density at radius 3 is 3.00 bits per heavy atom. The predicted octanol–water partition coefficient (Wildman–Crippen LogP) is 0.992. The molecule has 1 aliphatic rings. The molecular weight excluding hydrogens is 210 g/mol. The van der Waals surface area contributed by atoms with Gasteiger partial charge in [0, 0.05) is 19.0 Å². The lowest BCUT2D eigenvalue weighted by atomic mass is 10.2. The number of hydrogen-bond acceptors (Lipinski definition) is 4. The molecule has 1 unspecified atom stereocenters. The van der Waals surface area contributed by atoms with E-state index >= 15 is 0 Å². The first-order valence-electron chi connectivity index (χ1n) is 4.67. The molecule has 2 rings (SSSR count). The average molecular weight is 221 g/mol. The summed E-state index contributed by atoms with van der Waals surface area (Å²) < 4.78 is 0. The Morgan fingerprint density at radius 1 is 1.73 bits per heavy atom. The van der Waals surface area contributed by atoms with Crippen LogP contribution >= 0.6 is 11.3 Å². The van der Waals surface area contributed by atoms with Crippen molar-refractivity contribution in [3.63, 3.8) is 0 Å². The highest BCUT2D eigenvalue weighted by Crippen LogP contribution is 2.33. The fourth-order valence-corrected chi connectivity index (χ4v) is 2.73. The number of rotatable bonds is 1. The molecule has 0 spiro atoms. The molecule has 1 amide bonds. The monoisotopic (exact) mass is 221 g/mol. The van der Waals surface area contributed by atoms with E-state index in [4.69, 9.17) is 11.0 Å². The van der Waals surface area contributed by atoms with Gasteiger partial charge in [0.15, 0.2) is 0 Å². The lowest BCUT2D eigenvalue weighted by Crippen LogP contribution is -2.27. The van der Waals surface area contributed by atoms with Gasteiger partial charge >= 0.3 is 0 Å². The minimum absolute atomic E-state index is 0.0147. The Morgan fingerprint density at radius 2 is 2.47 bits per heavy atom. The van der Waals surface area contributed by atoms with Crippen LogP contribution in [0.4, 0.5) is 5.00 Å². The standard InChI is InChI=1S/C10H11N3OS/c1-6-5-15-10(8(6)3-11)13-4-7(12)2-9(13)14/h5,7H,2,4,12H2,1H3. The molecule has 1 aromatic heterocycles. The second kappa shape index (κ2) is 3.65. The summed E-state index contributed by atoms with van der Waals surface area (Å²) in [6.45, 7) is 2.40. The number of nitrogens with zero attached hydrogens (tertiary/aromatic N) is 2. The third kappa shape index (κ3) is 1.62. The lowest BCUT2D eigenvalue weighted by molar-refractivity contribution is -0.117. The van der Waals surface area contributed by atoms with Crippen LogP contribution in [0.25, 0.3) is 0 Å².